The van der Waals surface area contributed by atoms with Crippen LogP contribution in [-0.2, 0) is 9.53 Å². The first-order valence-electron chi connectivity index (χ1n) is 8.57. The van der Waals surface area contributed by atoms with Crippen LogP contribution in [0.3, 0.4) is 0 Å². The quantitative estimate of drug-likeness (QED) is 0.669. The van der Waals surface area contributed by atoms with Crippen LogP contribution in [0.1, 0.15) is 33.1 Å². The van der Waals surface area contributed by atoms with E-state index in [4.69, 9.17) is 4.74 Å². The summed E-state index contributed by atoms with van der Waals surface area (Å²) in [5, 5.41) is 2.72. The van der Waals surface area contributed by atoms with E-state index in [0.717, 1.165) is 0 Å². The summed E-state index contributed by atoms with van der Waals surface area (Å²) in [6, 6.07) is 9.68. The van der Waals surface area contributed by atoms with Gasteiger partial charge in [0, 0.05) is 16.9 Å². The van der Waals surface area contributed by atoms with Gasteiger partial charge in [-0.2, -0.15) is 0 Å². The second kappa shape index (κ2) is 6.60. The molecule has 0 bridgehead atoms. The van der Waals surface area contributed by atoms with E-state index < -0.39 is 23.5 Å². The van der Waals surface area contributed by atoms with Crippen molar-refractivity contribution in [1.82, 2.24) is 4.98 Å². The van der Waals surface area contributed by atoms with Gasteiger partial charge in [-0.3, -0.25) is 4.79 Å². The number of ether oxygens (including phenoxy) is 1. The van der Waals surface area contributed by atoms with E-state index in [1.807, 2.05) is 0 Å². The number of hydrogen-bond donors (Lipinski definition) is 2. The zero-order valence-electron chi connectivity index (χ0n) is 15.1. The van der Waals surface area contributed by atoms with Gasteiger partial charge >= 0.3 is 5.97 Å². The standard InChI is InChI=1S/C21H16F2N2O3/c1-10-16(21(27)28-2)18(19(24-10)11-3-5-12(22)6-4-11)17-14-9-13(23)7-8-15(14)25-20(17)26/h3-9,17,24H,1-2H3,(H,25,26)/t17-/m1/s1. The minimum absolute atomic E-state index is 0.207. The number of benzene rings is 2. The lowest BCUT2D eigenvalue weighted by molar-refractivity contribution is -0.116. The van der Waals surface area contributed by atoms with E-state index in [9.17, 15) is 18.4 Å². The predicted molar refractivity (Wildman–Crippen MR) is 99.1 cm³/mol. The molecule has 1 atom stereocenters. The highest BCUT2D eigenvalue weighted by molar-refractivity contribution is 6.08. The maximum absolute atomic E-state index is 13.9. The Hall–Kier alpha value is -3.48. The lowest BCUT2D eigenvalue weighted by atomic mass is 9.87. The Morgan fingerprint density at radius 1 is 1.07 bits per heavy atom. The normalized spacial score (nSPS) is 15.3. The second-order valence-electron chi connectivity index (χ2n) is 6.57. The lowest BCUT2D eigenvalue weighted by Gasteiger charge is -2.13. The van der Waals surface area contributed by atoms with E-state index >= 15 is 0 Å². The van der Waals surface area contributed by atoms with Crippen LogP contribution in [-0.4, -0.2) is 24.0 Å². The number of H-pyrrole nitrogens is 1. The number of fused-ring (bicyclic) bond motifs is 1. The van der Waals surface area contributed by atoms with Crippen molar-refractivity contribution in [3.05, 3.63) is 76.5 Å². The number of aryl methyl sites for hydroxylation is 1. The van der Waals surface area contributed by atoms with Gasteiger partial charge < -0.3 is 15.0 Å². The van der Waals surface area contributed by atoms with Crippen molar-refractivity contribution in [3.8, 4) is 11.3 Å². The van der Waals surface area contributed by atoms with Gasteiger partial charge in [0.15, 0.2) is 0 Å². The highest BCUT2D eigenvalue weighted by atomic mass is 19.1. The van der Waals surface area contributed by atoms with Crippen LogP contribution in [0.15, 0.2) is 42.5 Å². The first-order chi connectivity index (χ1) is 13.4. The van der Waals surface area contributed by atoms with Gasteiger partial charge in [0.25, 0.3) is 0 Å². The fraction of sp³-hybridized carbons (Fsp3) is 0.143. The van der Waals surface area contributed by atoms with Crippen molar-refractivity contribution in [2.45, 2.75) is 12.8 Å². The van der Waals surface area contributed by atoms with E-state index in [1.54, 1.807) is 19.1 Å². The molecule has 0 fully saturated rings. The van der Waals surface area contributed by atoms with Gasteiger partial charge in [-0.05, 0) is 60.5 Å². The summed E-state index contributed by atoms with van der Waals surface area (Å²) in [5.41, 5.74) is 3.06. The van der Waals surface area contributed by atoms with Crippen LogP contribution in [0.2, 0.25) is 0 Å². The molecule has 1 amide bonds. The van der Waals surface area contributed by atoms with Gasteiger partial charge in [-0.1, -0.05) is 0 Å². The molecule has 0 radical (unpaired) electrons. The molecule has 2 heterocycles. The molecule has 3 aromatic rings. The number of aromatic amines is 1. The molecule has 1 aliphatic rings. The third-order valence-electron chi connectivity index (χ3n) is 4.88. The Labute approximate surface area is 159 Å². The maximum atomic E-state index is 13.9. The van der Waals surface area contributed by atoms with Crippen LogP contribution in [0.25, 0.3) is 11.3 Å². The molecule has 142 valence electrons. The molecule has 4 rings (SSSR count). The SMILES string of the molecule is COC(=O)c1c(C)[nH]c(-c2ccc(F)cc2)c1[C@@H]1C(=O)Nc2ccc(F)cc21. The van der Waals surface area contributed by atoms with E-state index in [2.05, 4.69) is 10.3 Å². The number of amides is 1. The Kier molecular flexibility index (Phi) is 4.22. The molecule has 1 aliphatic heterocycles. The van der Waals surface area contributed by atoms with Gasteiger partial charge in [0.05, 0.1) is 24.3 Å². The molecule has 28 heavy (non-hydrogen) atoms. The number of anilines is 1. The fourth-order valence-corrected chi connectivity index (χ4v) is 3.66. The number of carbonyl (C=O) groups is 2. The Balaban J connectivity index is 2.00. The third kappa shape index (κ3) is 2.76. The van der Waals surface area contributed by atoms with Crippen molar-refractivity contribution in [3.63, 3.8) is 0 Å². The van der Waals surface area contributed by atoms with Crippen LogP contribution in [0, 0.1) is 18.6 Å². The zero-order chi connectivity index (χ0) is 20.0. The number of esters is 1. The van der Waals surface area contributed by atoms with Crippen LogP contribution in [0.4, 0.5) is 14.5 Å². The summed E-state index contributed by atoms with van der Waals surface area (Å²) in [7, 11) is 1.25. The minimum Gasteiger partial charge on any atom is -0.465 e. The average molecular weight is 382 g/mol. The topological polar surface area (TPSA) is 71.2 Å². The highest BCUT2D eigenvalue weighted by Gasteiger charge is 2.39. The molecule has 7 heteroatoms. The maximum Gasteiger partial charge on any atom is 0.340 e. The monoisotopic (exact) mass is 382 g/mol. The summed E-state index contributed by atoms with van der Waals surface area (Å²) < 4.78 is 32.2. The van der Waals surface area contributed by atoms with Crippen LogP contribution >= 0.6 is 0 Å². The predicted octanol–water partition coefficient (Wildman–Crippen LogP) is 4.14. The van der Waals surface area contributed by atoms with Crippen molar-refractivity contribution in [1.29, 1.82) is 0 Å². The third-order valence-corrected chi connectivity index (χ3v) is 4.88. The first kappa shape index (κ1) is 17.9. The first-order valence-corrected chi connectivity index (χ1v) is 8.57. The number of rotatable bonds is 3. The summed E-state index contributed by atoms with van der Waals surface area (Å²) >= 11 is 0. The fourth-order valence-electron chi connectivity index (χ4n) is 3.66. The molecule has 0 aliphatic carbocycles. The van der Waals surface area contributed by atoms with Crippen molar-refractivity contribution in [2.24, 2.45) is 0 Å². The van der Waals surface area contributed by atoms with Crippen molar-refractivity contribution < 1.29 is 23.1 Å². The number of halogens is 2. The number of hydrogen-bond acceptors (Lipinski definition) is 3. The lowest BCUT2D eigenvalue weighted by Crippen LogP contribution is -2.17. The highest BCUT2D eigenvalue weighted by Crippen LogP contribution is 2.44. The molecule has 0 saturated carbocycles. The molecule has 5 nitrogen and oxygen atoms in total. The van der Waals surface area contributed by atoms with E-state index in [1.165, 1.54) is 37.4 Å². The number of aromatic nitrogens is 1. The van der Waals surface area contributed by atoms with Crippen LogP contribution < -0.4 is 5.32 Å². The molecule has 2 N–H and O–H groups in total. The molecule has 1 aromatic heterocycles. The summed E-state index contributed by atoms with van der Waals surface area (Å²) in [5.74, 6) is -2.81. The van der Waals surface area contributed by atoms with Crippen molar-refractivity contribution in [2.75, 3.05) is 12.4 Å². The summed E-state index contributed by atoms with van der Waals surface area (Å²) in [4.78, 5) is 28.4. The zero-order valence-corrected chi connectivity index (χ0v) is 15.1. The second-order valence-corrected chi connectivity index (χ2v) is 6.57. The van der Waals surface area contributed by atoms with Gasteiger partial charge in [-0.25, -0.2) is 13.6 Å². The van der Waals surface area contributed by atoms with Crippen LogP contribution in [0.5, 0.6) is 0 Å². The Morgan fingerprint density at radius 2 is 1.75 bits per heavy atom. The van der Waals surface area contributed by atoms with Gasteiger partial charge in [-0.15, -0.1) is 0 Å². The Morgan fingerprint density at radius 3 is 2.43 bits per heavy atom. The minimum atomic E-state index is -0.912. The number of nitrogens with one attached hydrogen (secondary N) is 2. The number of methoxy groups -OCH3 is 1. The Bertz CT molecular complexity index is 1100. The molecule has 0 unspecified atom stereocenters. The largest absolute Gasteiger partial charge is 0.465 e. The van der Waals surface area contributed by atoms with E-state index in [0.29, 0.717) is 33.8 Å². The van der Waals surface area contributed by atoms with Crippen molar-refractivity contribution >= 4 is 17.6 Å². The molecule has 2 aromatic carbocycles. The molecular weight excluding hydrogens is 366 g/mol. The average Bonchev–Trinajstić information content (AvgIpc) is 3.17. The molecule has 0 spiro atoms. The van der Waals surface area contributed by atoms with Gasteiger partial charge in [0.1, 0.15) is 11.6 Å². The summed E-state index contributed by atoms with van der Waals surface area (Å²) in [6.07, 6.45) is 0. The van der Waals surface area contributed by atoms with E-state index in [-0.39, 0.29) is 11.5 Å². The van der Waals surface area contributed by atoms with Gasteiger partial charge in [0.2, 0.25) is 5.91 Å². The summed E-state index contributed by atoms with van der Waals surface area (Å²) in [6.45, 7) is 1.68. The number of carbonyl (C=O) groups excluding carboxylic acids is 2. The smallest absolute Gasteiger partial charge is 0.340 e. The molecule has 0 saturated heterocycles. The molecular formula is C21H16F2N2O3.